The number of nitrogens with zero attached hydrogens (tertiary/aromatic N) is 4. The van der Waals surface area contributed by atoms with Crippen molar-refractivity contribution in [2.75, 3.05) is 11.4 Å². The van der Waals surface area contributed by atoms with Gasteiger partial charge < -0.3 is 10.1 Å². The van der Waals surface area contributed by atoms with E-state index < -0.39 is 0 Å². The maximum atomic E-state index is 12.2. The molecular weight excluding hydrogens is 282 g/mol. The molecule has 0 saturated carbocycles. The lowest BCUT2D eigenvalue weighted by Crippen LogP contribution is -2.37. The van der Waals surface area contributed by atoms with Gasteiger partial charge in [-0.2, -0.15) is 5.10 Å². The molecule has 0 radical (unpaired) electrons. The first kappa shape index (κ1) is 13.3. The number of amides is 1. The Kier molecular flexibility index (Phi) is 3.07. The van der Waals surface area contributed by atoms with Crippen molar-refractivity contribution in [2.24, 2.45) is 0 Å². The van der Waals surface area contributed by atoms with Crippen LogP contribution in [0, 0.1) is 0 Å². The highest BCUT2D eigenvalue weighted by Gasteiger charge is 2.36. The number of carbonyl (C=O) groups excluding carboxylic acids is 1. The Morgan fingerprint density at radius 1 is 1.36 bits per heavy atom. The fraction of sp³-hybridized carbons (Fsp3) is 0.400. The van der Waals surface area contributed by atoms with E-state index in [2.05, 4.69) is 22.3 Å². The Morgan fingerprint density at radius 3 is 3.09 bits per heavy atom. The Labute approximate surface area is 127 Å². The van der Waals surface area contributed by atoms with Crippen LogP contribution in [-0.2, 0) is 17.8 Å². The van der Waals surface area contributed by atoms with Crippen LogP contribution in [0.2, 0.25) is 0 Å². The lowest BCUT2D eigenvalue weighted by molar-refractivity contribution is 0.140. The first-order valence-electron chi connectivity index (χ1n) is 7.39. The predicted molar refractivity (Wildman–Crippen MR) is 79.3 cm³/mol. The van der Waals surface area contributed by atoms with E-state index in [0.29, 0.717) is 19.1 Å². The van der Waals surface area contributed by atoms with Crippen molar-refractivity contribution >= 4 is 11.8 Å². The molecule has 0 spiro atoms. The Balaban J connectivity index is 1.60. The molecular formula is C15H17N5O2. The third-order valence-electron chi connectivity index (χ3n) is 4.11. The van der Waals surface area contributed by atoms with E-state index in [9.17, 15) is 4.79 Å². The van der Waals surface area contributed by atoms with Crippen molar-refractivity contribution in [2.45, 2.75) is 32.2 Å². The number of hydrogen-bond acceptors (Lipinski definition) is 5. The Hall–Kier alpha value is -2.41. The summed E-state index contributed by atoms with van der Waals surface area (Å²) in [5.74, 6) is 0. The van der Waals surface area contributed by atoms with Gasteiger partial charge in [-0.15, -0.1) is 0 Å². The van der Waals surface area contributed by atoms with Gasteiger partial charge >= 0.3 is 6.09 Å². The normalized spacial score (nSPS) is 24.2. The summed E-state index contributed by atoms with van der Waals surface area (Å²) in [5, 5.41) is 7.79. The number of nitrogens with one attached hydrogen (secondary N) is 1. The maximum Gasteiger partial charge on any atom is 0.415 e. The second kappa shape index (κ2) is 5.10. The summed E-state index contributed by atoms with van der Waals surface area (Å²) in [4.78, 5) is 18.1. The van der Waals surface area contributed by atoms with Crippen LogP contribution < -0.4 is 10.2 Å². The van der Waals surface area contributed by atoms with Crippen molar-refractivity contribution in [3.63, 3.8) is 0 Å². The molecule has 0 bridgehead atoms. The molecule has 114 valence electrons. The molecule has 2 unspecified atom stereocenters. The number of hydrogen-bond donors (Lipinski definition) is 1. The quantitative estimate of drug-likeness (QED) is 0.909. The molecule has 7 heteroatoms. The second-order valence-electron chi connectivity index (χ2n) is 5.68. The third-order valence-corrected chi connectivity index (χ3v) is 4.11. The number of pyridine rings is 1. The zero-order chi connectivity index (χ0) is 15.1. The molecule has 2 aliphatic rings. The largest absolute Gasteiger partial charge is 0.437 e. The molecule has 4 heterocycles. The van der Waals surface area contributed by atoms with Crippen LogP contribution in [0.4, 0.5) is 10.5 Å². The number of fused-ring (bicyclic) bond motifs is 1. The van der Waals surface area contributed by atoms with Gasteiger partial charge in [0.15, 0.2) is 6.10 Å². The average molecular weight is 299 g/mol. The fourth-order valence-electron chi connectivity index (χ4n) is 2.94. The SMILES string of the molecule is CC1Cn2ncc(N3CC(c4ccccn4)OC3=O)c2CN1. The summed E-state index contributed by atoms with van der Waals surface area (Å²) in [6.45, 7) is 4.09. The van der Waals surface area contributed by atoms with Gasteiger partial charge in [-0.1, -0.05) is 6.07 Å². The summed E-state index contributed by atoms with van der Waals surface area (Å²) in [5.41, 5.74) is 2.62. The molecule has 1 amide bonds. The highest BCUT2D eigenvalue weighted by molar-refractivity contribution is 5.90. The van der Waals surface area contributed by atoms with Crippen LogP contribution in [0.25, 0.3) is 0 Å². The Bertz CT molecular complexity index is 699. The molecule has 0 aromatic carbocycles. The number of ether oxygens (including phenoxy) is 1. The minimum atomic E-state index is -0.343. The number of rotatable bonds is 2. The maximum absolute atomic E-state index is 12.2. The first-order chi connectivity index (χ1) is 10.7. The van der Waals surface area contributed by atoms with E-state index in [1.807, 2.05) is 22.9 Å². The molecule has 4 rings (SSSR count). The van der Waals surface area contributed by atoms with Gasteiger partial charge in [0.2, 0.25) is 0 Å². The molecule has 0 aliphatic carbocycles. The zero-order valence-corrected chi connectivity index (χ0v) is 12.3. The van der Waals surface area contributed by atoms with Gasteiger partial charge in [0.25, 0.3) is 0 Å². The van der Waals surface area contributed by atoms with Crippen LogP contribution in [0.3, 0.4) is 0 Å². The number of cyclic esters (lactones) is 1. The number of anilines is 1. The van der Waals surface area contributed by atoms with Gasteiger partial charge in [-0.25, -0.2) is 4.79 Å². The molecule has 2 aliphatic heterocycles. The minimum absolute atomic E-state index is 0.334. The van der Waals surface area contributed by atoms with Crippen molar-refractivity contribution in [3.05, 3.63) is 42.0 Å². The van der Waals surface area contributed by atoms with E-state index in [1.165, 1.54) is 0 Å². The molecule has 2 aromatic rings. The van der Waals surface area contributed by atoms with Crippen LogP contribution in [0.5, 0.6) is 0 Å². The molecule has 2 atom stereocenters. The molecule has 22 heavy (non-hydrogen) atoms. The van der Waals surface area contributed by atoms with E-state index in [1.54, 1.807) is 17.3 Å². The number of carbonyl (C=O) groups is 1. The first-order valence-corrected chi connectivity index (χ1v) is 7.39. The highest BCUT2D eigenvalue weighted by atomic mass is 16.6. The lowest BCUT2D eigenvalue weighted by atomic mass is 10.2. The molecule has 2 aromatic heterocycles. The van der Waals surface area contributed by atoms with Crippen molar-refractivity contribution in [1.29, 1.82) is 0 Å². The molecule has 1 N–H and O–H groups in total. The fourth-order valence-corrected chi connectivity index (χ4v) is 2.94. The van der Waals surface area contributed by atoms with E-state index in [4.69, 9.17) is 4.74 Å². The van der Waals surface area contributed by atoms with Crippen LogP contribution in [0.1, 0.15) is 24.4 Å². The van der Waals surface area contributed by atoms with Crippen LogP contribution in [-0.4, -0.2) is 33.4 Å². The van der Waals surface area contributed by atoms with E-state index >= 15 is 0 Å². The van der Waals surface area contributed by atoms with E-state index in [-0.39, 0.29) is 12.2 Å². The van der Waals surface area contributed by atoms with Gasteiger partial charge in [-0.3, -0.25) is 14.6 Å². The van der Waals surface area contributed by atoms with Crippen LogP contribution >= 0.6 is 0 Å². The summed E-state index contributed by atoms with van der Waals surface area (Å²) in [6.07, 6.45) is 2.78. The molecule has 7 nitrogen and oxygen atoms in total. The summed E-state index contributed by atoms with van der Waals surface area (Å²) < 4.78 is 7.42. The third kappa shape index (κ3) is 2.14. The summed E-state index contributed by atoms with van der Waals surface area (Å²) in [6, 6.07) is 6.00. The van der Waals surface area contributed by atoms with Crippen molar-refractivity contribution in [3.8, 4) is 0 Å². The molecule has 1 saturated heterocycles. The van der Waals surface area contributed by atoms with Gasteiger partial charge in [0.1, 0.15) is 0 Å². The van der Waals surface area contributed by atoms with Gasteiger partial charge in [-0.05, 0) is 19.1 Å². The summed E-state index contributed by atoms with van der Waals surface area (Å²) in [7, 11) is 0. The van der Waals surface area contributed by atoms with Crippen molar-refractivity contribution in [1.82, 2.24) is 20.1 Å². The monoisotopic (exact) mass is 299 g/mol. The topological polar surface area (TPSA) is 72.3 Å². The average Bonchev–Trinajstić information content (AvgIpc) is 3.11. The van der Waals surface area contributed by atoms with Gasteiger partial charge in [0.05, 0.1) is 36.4 Å². The highest BCUT2D eigenvalue weighted by Crippen LogP contribution is 2.32. The summed E-state index contributed by atoms with van der Waals surface area (Å²) >= 11 is 0. The van der Waals surface area contributed by atoms with Crippen LogP contribution in [0.15, 0.2) is 30.6 Å². The smallest absolute Gasteiger partial charge is 0.415 e. The predicted octanol–water partition coefficient (Wildman–Crippen LogP) is 1.47. The molecule has 1 fully saturated rings. The second-order valence-corrected chi connectivity index (χ2v) is 5.68. The minimum Gasteiger partial charge on any atom is -0.437 e. The van der Waals surface area contributed by atoms with E-state index in [0.717, 1.165) is 23.6 Å². The Morgan fingerprint density at radius 2 is 2.27 bits per heavy atom. The van der Waals surface area contributed by atoms with Crippen molar-refractivity contribution < 1.29 is 9.53 Å². The van der Waals surface area contributed by atoms with Gasteiger partial charge in [0, 0.05) is 18.8 Å². The standard InChI is InChI=1S/C15H17N5O2/c1-10-8-20-13(6-17-10)12(7-18-20)19-9-14(22-15(19)21)11-4-2-3-5-16-11/h2-5,7,10,14,17H,6,8-9H2,1H3. The number of aromatic nitrogens is 3. The zero-order valence-electron chi connectivity index (χ0n) is 12.3. The lowest BCUT2D eigenvalue weighted by Gasteiger charge is -2.23.